The molecule has 0 heterocycles. The highest BCUT2D eigenvalue weighted by Gasteiger charge is 2.05. The Kier molecular flexibility index (Phi) is 4.39. The molecule has 1 nitrogen and oxygen atoms in total. The number of nitrogens with one attached hydrogen (secondary N) is 1. The van der Waals surface area contributed by atoms with E-state index in [4.69, 9.17) is 34.8 Å². The van der Waals surface area contributed by atoms with E-state index in [-0.39, 0.29) is 0 Å². The second-order valence-electron chi connectivity index (χ2n) is 4.09. The number of halogens is 3. The molecule has 2 aromatic rings. The summed E-state index contributed by atoms with van der Waals surface area (Å²) in [6, 6.07) is 11.7. The van der Waals surface area contributed by atoms with Crippen LogP contribution in [0.4, 0.5) is 5.69 Å². The van der Waals surface area contributed by atoms with E-state index >= 15 is 0 Å². The van der Waals surface area contributed by atoms with Gasteiger partial charge in [0, 0.05) is 6.54 Å². The summed E-state index contributed by atoms with van der Waals surface area (Å²) < 4.78 is 0. The minimum absolute atomic E-state index is 0.461. The van der Waals surface area contributed by atoms with Crippen molar-refractivity contribution >= 4 is 40.5 Å². The molecular weight excluding hydrogens is 289 g/mol. The Hall–Kier alpha value is -0.890. The molecule has 0 aliphatic heterocycles. The second kappa shape index (κ2) is 5.83. The predicted octanol–water partition coefficient (Wildman–Crippen LogP) is 5.57. The van der Waals surface area contributed by atoms with Gasteiger partial charge in [-0.1, -0.05) is 64.6 Å². The first-order valence-corrected chi connectivity index (χ1v) is 6.63. The third-order valence-corrected chi connectivity index (χ3v) is 3.61. The predicted molar refractivity (Wildman–Crippen MR) is 80.0 cm³/mol. The summed E-state index contributed by atoms with van der Waals surface area (Å²) >= 11 is 17.9. The Bertz CT molecular complexity index is 567. The number of anilines is 1. The lowest BCUT2D eigenvalue weighted by molar-refractivity contribution is 1.14. The van der Waals surface area contributed by atoms with Crippen LogP contribution in [0.15, 0.2) is 36.4 Å². The molecule has 0 saturated carbocycles. The summed E-state index contributed by atoms with van der Waals surface area (Å²) in [4.78, 5) is 0. The lowest BCUT2D eigenvalue weighted by atomic mass is 10.1. The van der Waals surface area contributed by atoms with Gasteiger partial charge in [0.15, 0.2) is 0 Å². The van der Waals surface area contributed by atoms with Gasteiger partial charge in [-0.15, -0.1) is 0 Å². The van der Waals surface area contributed by atoms with Gasteiger partial charge in [-0.2, -0.15) is 0 Å². The maximum atomic E-state index is 6.09. The first kappa shape index (κ1) is 13.5. The van der Waals surface area contributed by atoms with Gasteiger partial charge in [-0.05, 0) is 24.6 Å². The van der Waals surface area contributed by atoms with Crippen molar-refractivity contribution in [2.75, 3.05) is 5.32 Å². The van der Waals surface area contributed by atoms with Crippen molar-refractivity contribution in [3.63, 3.8) is 0 Å². The van der Waals surface area contributed by atoms with Crippen LogP contribution in [0.1, 0.15) is 11.1 Å². The van der Waals surface area contributed by atoms with Gasteiger partial charge in [0.2, 0.25) is 0 Å². The molecule has 2 aromatic carbocycles. The van der Waals surface area contributed by atoms with Gasteiger partial charge in [-0.3, -0.25) is 0 Å². The highest BCUT2D eigenvalue weighted by Crippen LogP contribution is 2.32. The van der Waals surface area contributed by atoms with Crippen LogP contribution in [0.3, 0.4) is 0 Å². The quantitative estimate of drug-likeness (QED) is 0.731. The van der Waals surface area contributed by atoms with Crippen molar-refractivity contribution in [2.45, 2.75) is 13.5 Å². The summed E-state index contributed by atoms with van der Waals surface area (Å²) in [5, 5.41) is 4.77. The summed E-state index contributed by atoms with van der Waals surface area (Å²) in [5.41, 5.74) is 3.21. The average Bonchev–Trinajstić information content (AvgIpc) is 2.32. The minimum Gasteiger partial charge on any atom is -0.380 e. The molecule has 2 rings (SSSR count). The van der Waals surface area contributed by atoms with Gasteiger partial charge in [0.1, 0.15) is 0 Å². The van der Waals surface area contributed by atoms with Crippen LogP contribution in [0.25, 0.3) is 0 Å². The molecule has 0 unspecified atom stereocenters. The lowest BCUT2D eigenvalue weighted by Gasteiger charge is -2.10. The molecule has 0 bridgehead atoms. The summed E-state index contributed by atoms with van der Waals surface area (Å²) in [7, 11) is 0. The molecule has 94 valence electrons. The standard InChI is InChI=1S/C14H12Cl3N/c1-9-3-2-4-10(5-9)8-18-14-7-12(16)11(15)6-13(14)17/h2-7,18H,8H2,1H3. The zero-order chi connectivity index (χ0) is 13.1. The smallest absolute Gasteiger partial charge is 0.0653 e. The van der Waals surface area contributed by atoms with Crippen molar-refractivity contribution < 1.29 is 0 Å². The van der Waals surface area contributed by atoms with Crippen molar-refractivity contribution in [3.8, 4) is 0 Å². The Labute approximate surface area is 122 Å². The molecule has 0 saturated heterocycles. The van der Waals surface area contributed by atoms with Gasteiger partial charge >= 0.3 is 0 Å². The molecule has 1 N–H and O–H groups in total. The van der Waals surface area contributed by atoms with Crippen LogP contribution in [0.5, 0.6) is 0 Å². The van der Waals surface area contributed by atoms with E-state index < -0.39 is 0 Å². The van der Waals surface area contributed by atoms with Crippen LogP contribution in [-0.2, 0) is 6.54 Å². The van der Waals surface area contributed by atoms with Crippen LogP contribution in [0, 0.1) is 6.92 Å². The van der Waals surface area contributed by atoms with Crippen molar-refractivity contribution in [1.29, 1.82) is 0 Å². The Balaban J connectivity index is 2.13. The van der Waals surface area contributed by atoms with Crippen LogP contribution in [0.2, 0.25) is 15.1 Å². The Morgan fingerprint density at radius 1 is 0.944 bits per heavy atom. The Morgan fingerprint density at radius 2 is 1.67 bits per heavy atom. The van der Waals surface area contributed by atoms with Gasteiger partial charge in [0.25, 0.3) is 0 Å². The largest absolute Gasteiger partial charge is 0.380 e. The number of aryl methyl sites for hydroxylation is 1. The number of hydrogen-bond acceptors (Lipinski definition) is 1. The third-order valence-electron chi connectivity index (χ3n) is 2.58. The van der Waals surface area contributed by atoms with Crippen LogP contribution < -0.4 is 5.32 Å². The molecule has 0 amide bonds. The number of rotatable bonds is 3. The maximum absolute atomic E-state index is 6.09. The number of benzene rings is 2. The molecule has 0 radical (unpaired) electrons. The maximum Gasteiger partial charge on any atom is 0.0653 e. The molecule has 0 aliphatic rings. The summed E-state index contributed by atoms with van der Waals surface area (Å²) in [6.07, 6.45) is 0. The summed E-state index contributed by atoms with van der Waals surface area (Å²) in [6.45, 7) is 2.76. The lowest BCUT2D eigenvalue weighted by Crippen LogP contribution is -2.00. The van der Waals surface area contributed by atoms with E-state index in [0.29, 0.717) is 21.6 Å². The molecule has 0 aromatic heterocycles. The van der Waals surface area contributed by atoms with Gasteiger partial charge < -0.3 is 5.32 Å². The zero-order valence-corrected chi connectivity index (χ0v) is 12.1. The highest BCUT2D eigenvalue weighted by atomic mass is 35.5. The molecule has 18 heavy (non-hydrogen) atoms. The van der Waals surface area contributed by atoms with E-state index in [1.165, 1.54) is 11.1 Å². The average molecular weight is 301 g/mol. The third kappa shape index (κ3) is 3.32. The first-order valence-electron chi connectivity index (χ1n) is 5.50. The molecule has 4 heteroatoms. The van der Waals surface area contributed by atoms with E-state index in [1.807, 2.05) is 6.07 Å². The van der Waals surface area contributed by atoms with Gasteiger partial charge in [-0.25, -0.2) is 0 Å². The minimum atomic E-state index is 0.461. The number of hydrogen-bond donors (Lipinski definition) is 1. The van der Waals surface area contributed by atoms with E-state index in [0.717, 1.165) is 5.69 Å². The topological polar surface area (TPSA) is 12.0 Å². The Morgan fingerprint density at radius 3 is 2.39 bits per heavy atom. The molecule has 0 aliphatic carbocycles. The van der Waals surface area contributed by atoms with Crippen molar-refractivity contribution in [1.82, 2.24) is 0 Å². The molecule has 0 spiro atoms. The summed E-state index contributed by atoms with van der Waals surface area (Å²) in [5.74, 6) is 0. The SMILES string of the molecule is Cc1cccc(CNc2cc(Cl)c(Cl)cc2Cl)c1. The monoisotopic (exact) mass is 299 g/mol. The first-order chi connectivity index (χ1) is 8.56. The highest BCUT2D eigenvalue weighted by molar-refractivity contribution is 6.44. The normalized spacial score (nSPS) is 10.4. The van der Waals surface area contributed by atoms with E-state index in [2.05, 4.69) is 30.4 Å². The van der Waals surface area contributed by atoms with E-state index in [9.17, 15) is 0 Å². The molecule has 0 fully saturated rings. The van der Waals surface area contributed by atoms with Crippen LogP contribution in [-0.4, -0.2) is 0 Å². The van der Waals surface area contributed by atoms with E-state index in [1.54, 1.807) is 12.1 Å². The fourth-order valence-electron chi connectivity index (χ4n) is 1.68. The van der Waals surface area contributed by atoms with Crippen LogP contribution >= 0.6 is 34.8 Å². The van der Waals surface area contributed by atoms with Gasteiger partial charge in [0.05, 0.1) is 20.8 Å². The van der Waals surface area contributed by atoms with Crippen molar-refractivity contribution in [2.24, 2.45) is 0 Å². The second-order valence-corrected chi connectivity index (χ2v) is 5.31. The molecule has 0 atom stereocenters. The van der Waals surface area contributed by atoms with Crippen molar-refractivity contribution in [3.05, 3.63) is 62.6 Å². The zero-order valence-electron chi connectivity index (χ0n) is 9.81. The fourth-order valence-corrected chi connectivity index (χ4v) is 2.29. The fraction of sp³-hybridized carbons (Fsp3) is 0.143. The molecular formula is C14H12Cl3N.